The van der Waals surface area contributed by atoms with Gasteiger partial charge in [0.25, 0.3) is 0 Å². The molecule has 0 unspecified atom stereocenters. The summed E-state index contributed by atoms with van der Waals surface area (Å²) >= 11 is 0. The number of hydrogen-bond acceptors (Lipinski definition) is 3. The summed E-state index contributed by atoms with van der Waals surface area (Å²) in [6.07, 6.45) is 0. The van der Waals surface area contributed by atoms with Gasteiger partial charge in [0.05, 0.1) is 0 Å². The van der Waals surface area contributed by atoms with Crippen molar-refractivity contribution in [2.45, 2.75) is 0 Å². The molecule has 0 aromatic heterocycles. The van der Waals surface area contributed by atoms with Crippen LogP contribution in [0.25, 0.3) is 0 Å². The van der Waals surface area contributed by atoms with Gasteiger partial charge in [-0.15, -0.1) is 0 Å². The van der Waals surface area contributed by atoms with Gasteiger partial charge in [-0.25, -0.2) is 9.13 Å². The van der Waals surface area contributed by atoms with Crippen LogP contribution in [0.5, 0.6) is 0 Å². The zero-order valence-electron chi connectivity index (χ0n) is 12.0. The molecule has 0 bridgehead atoms. The Balaban J connectivity index is -0.00000000889. The minimum atomic E-state index is -5.05. The van der Waals surface area contributed by atoms with Gasteiger partial charge in [-0.05, 0) is 0 Å². The maximum Gasteiger partial charge on any atom is 2.00 e. The Labute approximate surface area is 164 Å². The van der Waals surface area contributed by atoms with Crippen LogP contribution in [0.2, 0.25) is 0 Å². The van der Waals surface area contributed by atoms with E-state index in [4.69, 9.17) is 19.6 Å². The molecule has 0 aromatic carbocycles. The Morgan fingerprint density at radius 1 is 1.00 bits per heavy atom. The van der Waals surface area contributed by atoms with Crippen molar-refractivity contribution in [2.75, 3.05) is 0 Å². The van der Waals surface area contributed by atoms with Gasteiger partial charge in [0.1, 0.15) is 0 Å². The molecule has 0 saturated carbocycles. The van der Waals surface area contributed by atoms with E-state index in [1.807, 2.05) is 0 Å². The molecule has 12 heteroatoms. The van der Waals surface area contributed by atoms with Gasteiger partial charge in [-0.3, -0.25) is 0 Å². The minimum Gasteiger partial charge on any atom is -1.00 e. The molecule has 0 fully saturated rings. The van der Waals surface area contributed by atoms with Crippen LogP contribution in [-0.2, 0) is 13.4 Å². The maximum absolute atomic E-state index is 9.63. The molecule has 0 spiro atoms. The molecule has 0 amide bonds. The van der Waals surface area contributed by atoms with E-state index in [-0.39, 0.29) is 118 Å². The second kappa shape index (κ2) is 10.0. The summed E-state index contributed by atoms with van der Waals surface area (Å²) in [5.74, 6) is 0. The minimum absolute atomic E-state index is 0. The van der Waals surface area contributed by atoms with Crippen LogP contribution in [-0.4, -0.2) is 129 Å². The van der Waals surface area contributed by atoms with Crippen molar-refractivity contribution >= 4 is 125 Å². The quantitative estimate of drug-likeness (QED) is 0.345. The third-order valence-electron chi connectivity index (χ3n) is 0.213. The van der Waals surface area contributed by atoms with Crippen molar-refractivity contribution in [1.29, 1.82) is 0 Å². The zero-order chi connectivity index (χ0) is 7.71. The summed E-state index contributed by atoms with van der Waals surface area (Å²) in [5.41, 5.74) is 0. The molecule has 0 aliphatic carbocycles. The summed E-state index contributed by atoms with van der Waals surface area (Å²) in [6, 6.07) is 0. The molecule has 68 valence electrons. The summed E-state index contributed by atoms with van der Waals surface area (Å²) in [5, 5.41) is 0. The Morgan fingerprint density at radius 3 is 1.17 bits per heavy atom. The van der Waals surface area contributed by atoms with Gasteiger partial charge in [-0.2, -0.15) is 4.31 Å². The largest absolute Gasteiger partial charge is 2.00 e. The first kappa shape index (κ1) is 24.9. The molecule has 7 nitrogen and oxygen atoms in total. The van der Waals surface area contributed by atoms with Crippen LogP contribution in [0.4, 0.5) is 0 Å². The predicted octanol–water partition coefficient (Wildman–Crippen LogP) is -1.28. The van der Waals surface area contributed by atoms with E-state index in [0.717, 1.165) is 0 Å². The van der Waals surface area contributed by atoms with Crippen LogP contribution >= 0.6 is 15.6 Å². The van der Waals surface area contributed by atoms with Crippen LogP contribution in [0.15, 0.2) is 0 Å². The van der Waals surface area contributed by atoms with Gasteiger partial charge in [0.15, 0.2) is 0 Å². The molecule has 0 aromatic rings. The Bertz CT molecular complexity index is 178. The van der Waals surface area contributed by atoms with E-state index in [9.17, 15) is 9.13 Å². The topological polar surface area (TPSA) is 124 Å². The average molecular weight is 386 g/mol. The molecule has 0 heterocycles. The molecule has 12 heavy (non-hydrogen) atoms. The van der Waals surface area contributed by atoms with Crippen LogP contribution < -0.4 is 0 Å². The summed E-state index contributed by atoms with van der Waals surface area (Å²) < 4.78 is 22.2. The van der Waals surface area contributed by atoms with E-state index >= 15 is 0 Å². The van der Waals surface area contributed by atoms with Gasteiger partial charge >= 0.3 is 125 Å². The first-order chi connectivity index (χ1) is 3.71. The van der Waals surface area contributed by atoms with Crippen molar-refractivity contribution < 1.29 is 41.6 Å². The average Bonchev–Trinajstić information content (AvgIpc) is 1.14. The van der Waals surface area contributed by atoms with Gasteiger partial charge in [-0.1, -0.05) is 0 Å². The molecule has 4 N–H and O–H groups in total. The van der Waals surface area contributed by atoms with Gasteiger partial charge in [0, 0.05) is 0 Å². The van der Waals surface area contributed by atoms with E-state index in [1.165, 1.54) is 0 Å². The molecule has 0 atom stereocenters. The normalized spacial score (nSPS) is 10.3. The van der Waals surface area contributed by atoms with Crippen molar-refractivity contribution in [3.8, 4) is 0 Å². The molecule has 0 rings (SSSR count). The van der Waals surface area contributed by atoms with E-state index in [0.29, 0.717) is 0 Å². The first-order valence-electron chi connectivity index (χ1n) is 1.53. The SMILES string of the molecule is O=P(O)(O)OP(=O)(O)O.[Ba+2].[Ca+2].[H-].[H-].[H-].[H-].[H-].[H-].[Mg+2]. The third kappa shape index (κ3) is 23.6. The van der Waals surface area contributed by atoms with Gasteiger partial charge in [0.2, 0.25) is 0 Å². The molecule has 0 radical (unpaired) electrons. The van der Waals surface area contributed by atoms with E-state index < -0.39 is 15.6 Å². The molecule has 0 aliphatic rings. The fourth-order valence-corrected chi connectivity index (χ4v) is 1.25. The van der Waals surface area contributed by atoms with Crippen LogP contribution in [0.1, 0.15) is 8.56 Å². The fraction of sp³-hybridized carbons (Fsp3) is 0. The number of phosphoric acid groups is 2. The van der Waals surface area contributed by atoms with Crippen LogP contribution in [0, 0.1) is 0 Å². The smallest absolute Gasteiger partial charge is 1.00 e. The fourth-order valence-electron chi connectivity index (χ4n) is 0.139. The summed E-state index contributed by atoms with van der Waals surface area (Å²) in [4.78, 5) is 31.0. The monoisotopic (exact) mass is 386 g/mol. The van der Waals surface area contributed by atoms with Crippen molar-refractivity contribution in [3.05, 3.63) is 0 Å². The van der Waals surface area contributed by atoms with E-state index in [1.54, 1.807) is 0 Å². The van der Waals surface area contributed by atoms with E-state index in [2.05, 4.69) is 4.31 Å². The predicted molar refractivity (Wildman–Crippen MR) is 49.1 cm³/mol. The second-order valence-corrected chi connectivity index (χ2v) is 3.68. The van der Waals surface area contributed by atoms with Crippen molar-refractivity contribution in [1.82, 2.24) is 0 Å². The van der Waals surface area contributed by atoms with Gasteiger partial charge < -0.3 is 28.1 Å². The number of hydrogen-bond donors (Lipinski definition) is 4. The Kier molecular flexibility index (Phi) is 20.8. The first-order valence-corrected chi connectivity index (χ1v) is 4.59. The zero-order valence-corrected chi connectivity index (χ0v) is 15.9. The van der Waals surface area contributed by atoms with Crippen molar-refractivity contribution in [3.63, 3.8) is 0 Å². The Morgan fingerprint density at radius 2 is 1.17 bits per heavy atom. The Hall–Kier alpha value is 3.86. The molecule has 0 saturated heterocycles. The third-order valence-corrected chi connectivity index (χ3v) is 1.91. The van der Waals surface area contributed by atoms with Crippen molar-refractivity contribution in [2.24, 2.45) is 0 Å². The molecule has 0 aliphatic heterocycles. The standard InChI is InChI=1S/Ba.Ca.Mg.H4O7P2.6H/c;;;1-8(2,3)7-9(4,5)6;;;;;;/h;;;(H2,1,2,3)(H2,4,5,6);;;;;;/q3*+2;;6*-1. The summed E-state index contributed by atoms with van der Waals surface area (Å²) in [7, 11) is -10.1. The number of rotatable bonds is 2. The summed E-state index contributed by atoms with van der Waals surface area (Å²) in [6.45, 7) is 0. The molecular weight excluding hydrogens is 376 g/mol. The second-order valence-electron chi connectivity index (χ2n) is 1.06. The molecular formula is H10BaCaMgO7P2. The maximum atomic E-state index is 9.63. The van der Waals surface area contributed by atoms with Crippen LogP contribution in [0.3, 0.4) is 0 Å².